The Morgan fingerprint density at radius 3 is 2.36 bits per heavy atom. The van der Waals surface area contributed by atoms with Crippen LogP contribution < -0.4 is 20.1 Å². The first-order chi connectivity index (χ1) is 13.6. The molecule has 1 aromatic heterocycles. The van der Waals surface area contributed by atoms with Crippen LogP contribution in [0.4, 0.5) is 0 Å². The van der Waals surface area contributed by atoms with Gasteiger partial charge < -0.3 is 14.4 Å². The van der Waals surface area contributed by atoms with Crippen LogP contribution in [0.15, 0.2) is 47.3 Å². The number of aromatic nitrogens is 2. The Hall–Kier alpha value is -2.73. The Bertz CT molecular complexity index is 990. The highest BCUT2D eigenvalue weighted by molar-refractivity contribution is 5.75. The first-order valence-electron chi connectivity index (χ1n) is 9.88. The van der Waals surface area contributed by atoms with Gasteiger partial charge in [0, 0.05) is 12.1 Å². The molecule has 1 atom stereocenters. The molecule has 0 aliphatic heterocycles. The number of hydrogen-bond donors (Lipinski definition) is 1. The fourth-order valence-electron chi connectivity index (χ4n) is 3.64. The van der Waals surface area contributed by atoms with Gasteiger partial charge in [0.15, 0.2) is 18.2 Å². The quantitative estimate of drug-likeness (QED) is 0.616. The standard InChI is InChI=1S/C22H29N3O3/c1-5-13-24-18-9-7-8-10-19(18)25(22(24)26)16-23(3)15-17-11-12-20(28-6-2)21(14-17)27-4/h7-12,14H,5-6,13,15-16H2,1-4H3/p+1. The zero-order chi connectivity index (χ0) is 20.1. The first-order valence-corrected chi connectivity index (χ1v) is 9.88. The topological polar surface area (TPSA) is 49.8 Å². The Morgan fingerprint density at radius 2 is 1.71 bits per heavy atom. The fraction of sp³-hybridized carbons (Fsp3) is 0.409. The van der Waals surface area contributed by atoms with E-state index in [-0.39, 0.29) is 5.69 Å². The molecule has 0 aliphatic carbocycles. The molecule has 0 fully saturated rings. The third-order valence-electron chi connectivity index (χ3n) is 4.83. The van der Waals surface area contributed by atoms with Gasteiger partial charge in [-0.2, -0.15) is 0 Å². The molecule has 0 bridgehead atoms. The third-order valence-corrected chi connectivity index (χ3v) is 4.83. The molecular formula is C22H30N3O3+. The molecule has 0 saturated heterocycles. The van der Waals surface area contributed by atoms with Crippen molar-refractivity contribution in [1.82, 2.24) is 9.13 Å². The summed E-state index contributed by atoms with van der Waals surface area (Å²) >= 11 is 0. The van der Waals surface area contributed by atoms with E-state index < -0.39 is 0 Å². The number of rotatable bonds is 9. The minimum Gasteiger partial charge on any atom is -0.493 e. The molecule has 28 heavy (non-hydrogen) atoms. The largest absolute Gasteiger partial charge is 0.493 e. The highest BCUT2D eigenvalue weighted by atomic mass is 16.5. The molecule has 6 nitrogen and oxygen atoms in total. The van der Waals surface area contributed by atoms with Crippen molar-refractivity contribution in [2.45, 2.75) is 40.0 Å². The van der Waals surface area contributed by atoms with Crippen LogP contribution in [0.3, 0.4) is 0 Å². The van der Waals surface area contributed by atoms with Crippen LogP contribution in [0.1, 0.15) is 25.8 Å². The Kier molecular flexibility index (Phi) is 6.41. The Balaban J connectivity index is 1.83. The van der Waals surface area contributed by atoms with Crippen LogP contribution in [0, 0.1) is 0 Å². The second-order valence-corrected chi connectivity index (χ2v) is 7.06. The second-order valence-electron chi connectivity index (χ2n) is 7.06. The van der Waals surface area contributed by atoms with E-state index in [1.165, 1.54) is 4.90 Å². The molecule has 3 rings (SSSR count). The van der Waals surface area contributed by atoms with Crippen molar-refractivity contribution in [3.8, 4) is 11.5 Å². The van der Waals surface area contributed by atoms with Gasteiger partial charge in [-0.1, -0.05) is 19.1 Å². The number of imidazole rings is 1. The zero-order valence-electron chi connectivity index (χ0n) is 17.2. The van der Waals surface area contributed by atoms with E-state index in [2.05, 4.69) is 20.0 Å². The number of nitrogens with one attached hydrogen (secondary N) is 1. The number of fused-ring (bicyclic) bond motifs is 1. The van der Waals surface area contributed by atoms with E-state index in [1.807, 2.05) is 52.5 Å². The average Bonchev–Trinajstić information content (AvgIpc) is 2.95. The summed E-state index contributed by atoms with van der Waals surface area (Å²) in [6.07, 6.45) is 0.933. The van der Waals surface area contributed by atoms with Crippen molar-refractivity contribution in [2.75, 3.05) is 20.8 Å². The van der Waals surface area contributed by atoms with E-state index in [9.17, 15) is 4.79 Å². The molecule has 1 heterocycles. The molecule has 6 heteroatoms. The second kappa shape index (κ2) is 8.97. The highest BCUT2D eigenvalue weighted by Crippen LogP contribution is 2.27. The summed E-state index contributed by atoms with van der Waals surface area (Å²) < 4.78 is 14.8. The number of benzene rings is 2. The summed E-state index contributed by atoms with van der Waals surface area (Å²) in [6.45, 7) is 6.77. The maximum atomic E-state index is 13.0. The van der Waals surface area contributed by atoms with Crippen LogP contribution >= 0.6 is 0 Å². The van der Waals surface area contributed by atoms with Gasteiger partial charge >= 0.3 is 5.69 Å². The third kappa shape index (κ3) is 4.07. The molecule has 150 valence electrons. The predicted octanol–water partition coefficient (Wildman–Crippen LogP) is 2.29. The number of para-hydroxylation sites is 2. The first kappa shape index (κ1) is 20.0. The molecule has 0 saturated carbocycles. The molecule has 0 amide bonds. The van der Waals surface area contributed by atoms with Gasteiger partial charge in [-0.05, 0) is 43.7 Å². The Labute approximate surface area is 165 Å². The van der Waals surface area contributed by atoms with Crippen LogP contribution in [0.5, 0.6) is 11.5 Å². The van der Waals surface area contributed by atoms with Crippen LogP contribution in [0.2, 0.25) is 0 Å². The number of hydrogen-bond acceptors (Lipinski definition) is 3. The summed E-state index contributed by atoms with van der Waals surface area (Å²) in [7, 11) is 3.75. The van der Waals surface area contributed by atoms with Gasteiger partial charge in [0.05, 0.1) is 31.8 Å². The summed E-state index contributed by atoms with van der Waals surface area (Å²) in [5.74, 6) is 1.49. The molecule has 2 aromatic carbocycles. The van der Waals surface area contributed by atoms with Crippen LogP contribution in [-0.2, 0) is 19.8 Å². The smallest absolute Gasteiger partial charge is 0.333 e. The Morgan fingerprint density at radius 1 is 1.00 bits per heavy atom. The monoisotopic (exact) mass is 384 g/mol. The molecule has 0 radical (unpaired) electrons. The summed E-state index contributed by atoms with van der Waals surface area (Å²) in [4.78, 5) is 14.2. The lowest BCUT2D eigenvalue weighted by atomic mass is 10.2. The van der Waals surface area contributed by atoms with Gasteiger partial charge in [-0.3, -0.25) is 4.57 Å². The van der Waals surface area contributed by atoms with Gasteiger partial charge in [0.1, 0.15) is 6.54 Å². The van der Waals surface area contributed by atoms with Gasteiger partial charge in [0.2, 0.25) is 0 Å². The summed E-state index contributed by atoms with van der Waals surface area (Å²) in [5, 5.41) is 0. The van der Waals surface area contributed by atoms with E-state index in [1.54, 1.807) is 7.11 Å². The summed E-state index contributed by atoms with van der Waals surface area (Å²) in [6, 6.07) is 14.0. The number of quaternary nitrogens is 1. The molecule has 1 unspecified atom stereocenters. The van der Waals surface area contributed by atoms with Crippen molar-refractivity contribution in [3.05, 3.63) is 58.5 Å². The number of methoxy groups -OCH3 is 1. The lowest BCUT2D eigenvalue weighted by Crippen LogP contribution is -3.07. The predicted molar refractivity (Wildman–Crippen MR) is 111 cm³/mol. The molecular weight excluding hydrogens is 354 g/mol. The lowest BCUT2D eigenvalue weighted by Gasteiger charge is -2.16. The number of ether oxygens (including phenoxy) is 2. The molecule has 0 aliphatic rings. The van der Waals surface area contributed by atoms with Crippen molar-refractivity contribution in [3.63, 3.8) is 0 Å². The SMILES string of the molecule is CCCn1c(=O)n(C[NH+](C)Cc2ccc(OCC)c(OC)c2)c2ccccc21. The van der Waals surface area contributed by atoms with Gasteiger partial charge in [-0.15, -0.1) is 0 Å². The van der Waals surface area contributed by atoms with Crippen LogP contribution in [0.25, 0.3) is 11.0 Å². The molecule has 1 N–H and O–H groups in total. The minimum atomic E-state index is 0.0617. The minimum absolute atomic E-state index is 0.0617. The molecule has 3 aromatic rings. The fourth-order valence-corrected chi connectivity index (χ4v) is 3.64. The lowest BCUT2D eigenvalue weighted by molar-refractivity contribution is -0.916. The number of nitrogens with zero attached hydrogens (tertiary/aromatic N) is 2. The van der Waals surface area contributed by atoms with E-state index in [0.29, 0.717) is 13.3 Å². The highest BCUT2D eigenvalue weighted by Gasteiger charge is 2.16. The zero-order valence-corrected chi connectivity index (χ0v) is 17.2. The molecule has 0 spiro atoms. The normalized spacial score (nSPS) is 12.3. The van der Waals surface area contributed by atoms with Crippen LogP contribution in [-0.4, -0.2) is 29.9 Å². The maximum absolute atomic E-state index is 13.0. The van der Waals surface area contributed by atoms with Crippen molar-refractivity contribution >= 4 is 11.0 Å². The van der Waals surface area contributed by atoms with Gasteiger partial charge in [0.25, 0.3) is 0 Å². The van der Waals surface area contributed by atoms with Crippen molar-refractivity contribution < 1.29 is 14.4 Å². The van der Waals surface area contributed by atoms with E-state index in [4.69, 9.17) is 9.47 Å². The maximum Gasteiger partial charge on any atom is 0.333 e. The summed E-state index contributed by atoms with van der Waals surface area (Å²) in [5.41, 5.74) is 3.20. The van der Waals surface area contributed by atoms with Crippen molar-refractivity contribution in [1.29, 1.82) is 0 Å². The van der Waals surface area contributed by atoms with Crippen molar-refractivity contribution in [2.24, 2.45) is 0 Å². The van der Waals surface area contributed by atoms with E-state index >= 15 is 0 Å². The number of aryl methyl sites for hydroxylation is 1. The van der Waals surface area contributed by atoms with Gasteiger partial charge in [-0.25, -0.2) is 9.36 Å². The van der Waals surface area contributed by atoms with E-state index in [0.717, 1.165) is 47.6 Å². The average molecular weight is 385 g/mol.